The van der Waals surface area contributed by atoms with E-state index in [1.165, 1.54) is 4.90 Å². The molecule has 0 spiro atoms. The zero-order valence-corrected chi connectivity index (χ0v) is 16.8. The highest BCUT2D eigenvalue weighted by molar-refractivity contribution is 14.0. The third-order valence-electron chi connectivity index (χ3n) is 2.82. The van der Waals surface area contributed by atoms with Crippen molar-refractivity contribution < 1.29 is 4.74 Å². The van der Waals surface area contributed by atoms with Crippen molar-refractivity contribution in [3.63, 3.8) is 0 Å². The van der Waals surface area contributed by atoms with E-state index in [2.05, 4.69) is 46.8 Å². The molecule has 0 radical (unpaired) electrons. The van der Waals surface area contributed by atoms with Crippen molar-refractivity contribution in [2.24, 2.45) is 4.99 Å². The third-order valence-corrected chi connectivity index (χ3v) is 3.94. The highest BCUT2D eigenvalue weighted by atomic mass is 127. The van der Waals surface area contributed by atoms with Gasteiger partial charge in [-0.1, -0.05) is 25.1 Å². The zero-order chi connectivity index (χ0) is 15.3. The second-order valence-corrected chi connectivity index (χ2v) is 6.18. The van der Waals surface area contributed by atoms with Gasteiger partial charge in [-0.05, 0) is 25.5 Å². The smallest absolute Gasteiger partial charge is 0.191 e. The summed E-state index contributed by atoms with van der Waals surface area (Å²) in [6.07, 6.45) is 0.989. The number of aliphatic imine (C=N–C) groups is 1. The van der Waals surface area contributed by atoms with E-state index in [1.54, 1.807) is 7.05 Å². The maximum absolute atomic E-state index is 5.31. The summed E-state index contributed by atoms with van der Waals surface area (Å²) in [6.45, 7) is 7.55. The Balaban J connectivity index is 0.00000441. The van der Waals surface area contributed by atoms with E-state index in [0.29, 0.717) is 5.25 Å². The van der Waals surface area contributed by atoms with Gasteiger partial charge in [0.25, 0.3) is 0 Å². The van der Waals surface area contributed by atoms with Gasteiger partial charge in [0, 0.05) is 43.5 Å². The van der Waals surface area contributed by atoms with Crippen LogP contribution in [0.3, 0.4) is 0 Å². The van der Waals surface area contributed by atoms with E-state index >= 15 is 0 Å². The molecule has 0 aliphatic carbocycles. The molecule has 0 aliphatic rings. The van der Waals surface area contributed by atoms with Gasteiger partial charge in [0.2, 0.25) is 0 Å². The van der Waals surface area contributed by atoms with Gasteiger partial charge in [-0.2, -0.15) is 0 Å². The van der Waals surface area contributed by atoms with Crippen molar-refractivity contribution in [3.8, 4) is 0 Å². The Bertz CT molecular complexity index is 404. The summed E-state index contributed by atoms with van der Waals surface area (Å²) >= 11 is 1.87. The minimum absolute atomic E-state index is 0. The number of thioether (sulfide) groups is 1. The van der Waals surface area contributed by atoms with Gasteiger partial charge in [0.1, 0.15) is 0 Å². The molecule has 1 aromatic rings. The molecule has 1 atom stereocenters. The predicted octanol–water partition coefficient (Wildman–Crippen LogP) is 3.38. The van der Waals surface area contributed by atoms with Crippen LogP contribution in [0.5, 0.6) is 0 Å². The number of hydrogen-bond donors (Lipinski definition) is 2. The molecule has 126 valence electrons. The van der Waals surface area contributed by atoms with Crippen LogP contribution >= 0.6 is 35.7 Å². The molecule has 0 saturated carbocycles. The molecule has 0 heterocycles. The molecule has 0 saturated heterocycles. The van der Waals surface area contributed by atoms with Crippen molar-refractivity contribution in [2.45, 2.75) is 30.4 Å². The van der Waals surface area contributed by atoms with Gasteiger partial charge < -0.3 is 15.4 Å². The molecule has 4 nitrogen and oxygen atoms in total. The number of rotatable bonds is 9. The summed E-state index contributed by atoms with van der Waals surface area (Å²) < 4.78 is 5.31. The molecule has 1 rings (SSSR count). The average Bonchev–Trinajstić information content (AvgIpc) is 2.51. The van der Waals surface area contributed by atoms with Crippen LogP contribution in [-0.4, -0.2) is 44.6 Å². The molecule has 6 heteroatoms. The second kappa shape index (κ2) is 14.1. The second-order valence-electron chi connectivity index (χ2n) is 4.67. The van der Waals surface area contributed by atoms with Crippen molar-refractivity contribution >= 4 is 41.7 Å². The topological polar surface area (TPSA) is 45.6 Å². The Morgan fingerprint density at radius 3 is 2.64 bits per heavy atom. The van der Waals surface area contributed by atoms with Crippen LogP contribution in [0.1, 0.15) is 20.3 Å². The first-order chi connectivity index (χ1) is 10.3. The Morgan fingerprint density at radius 1 is 1.27 bits per heavy atom. The van der Waals surface area contributed by atoms with Gasteiger partial charge in [-0.15, -0.1) is 35.7 Å². The minimum Gasteiger partial charge on any atom is -0.382 e. The molecule has 2 N–H and O–H groups in total. The van der Waals surface area contributed by atoms with Crippen molar-refractivity contribution in [2.75, 3.05) is 33.4 Å². The monoisotopic (exact) mass is 437 g/mol. The highest BCUT2D eigenvalue weighted by Gasteiger charge is 2.05. The maximum atomic E-state index is 5.31. The highest BCUT2D eigenvalue weighted by Crippen LogP contribution is 2.21. The Hall–Kier alpha value is -0.470. The number of nitrogens with one attached hydrogen (secondary N) is 2. The number of benzene rings is 1. The Kier molecular flexibility index (Phi) is 13.8. The molecule has 22 heavy (non-hydrogen) atoms. The summed E-state index contributed by atoms with van der Waals surface area (Å²) in [5.74, 6) is 0.854. The quantitative estimate of drug-likeness (QED) is 0.205. The molecule has 1 unspecified atom stereocenters. The summed E-state index contributed by atoms with van der Waals surface area (Å²) in [7, 11) is 1.80. The van der Waals surface area contributed by atoms with Gasteiger partial charge in [0.05, 0.1) is 0 Å². The maximum Gasteiger partial charge on any atom is 0.191 e. The van der Waals surface area contributed by atoms with Crippen LogP contribution in [-0.2, 0) is 4.74 Å². The normalized spacial score (nSPS) is 12.4. The third kappa shape index (κ3) is 10.3. The van der Waals surface area contributed by atoms with E-state index in [1.807, 2.05) is 24.8 Å². The van der Waals surface area contributed by atoms with Crippen molar-refractivity contribution in [1.29, 1.82) is 0 Å². The summed E-state index contributed by atoms with van der Waals surface area (Å²) in [4.78, 5) is 5.53. The van der Waals surface area contributed by atoms with Crippen LogP contribution in [0.15, 0.2) is 40.2 Å². The molecule has 0 amide bonds. The molecule has 0 fully saturated rings. The SMILES string of the molecule is CCOCCCNC(=NC)NCC(C)Sc1ccccc1.I. The van der Waals surface area contributed by atoms with Gasteiger partial charge >= 0.3 is 0 Å². The molecular formula is C16H28IN3OS. The standard InChI is InChI=1S/C16H27N3OS.HI/c1-4-20-12-8-11-18-16(17-3)19-13-14(2)21-15-9-6-5-7-10-15;/h5-7,9-10,14H,4,8,11-13H2,1-3H3,(H2,17,18,19);1H. The van der Waals surface area contributed by atoms with Gasteiger partial charge in [-0.25, -0.2) is 0 Å². The van der Waals surface area contributed by atoms with Crippen LogP contribution in [0.2, 0.25) is 0 Å². The fraction of sp³-hybridized carbons (Fsp3) is 0.562. The number of nitrogens with zero attached hydrogens (tertiary/aromatic N) is 1. The van der Waals surface area contributed by atoms with Gasteiger partial charge in [0.15, 0.2) is 5.96 Å². The van der Waals surface area contributed by atoms with Crippen molar-refractivity contribution in [1.82, 2.24) is 10.6 Å². The van der Waals surface area contributed by atoms with Crippen LogP contribution in [0.25, 0.3) is 0 Å². The van der Waals surface area contributed by atoms with Crippen molar-refractivity contribution in [3.05, 3.63) is 30.3 Å². The minimum atomic E-state index is 0. The first kappa shape index (κ1) is 21.5. The molecular weight excluding hydrogens is 409 g/mol. The lowest BCUT2D eigenvalue weighted by molar-refractivity contribution is 0.145. The van der Waals surface area contributed by atoms with E-state index in [9.17, 15) is 0 Å². The number of halogens is 1. The fourth-order valence-corrected chi connectivity index (χ4v) is 2.70. The molecule has 1 aromatic carbocycles. The lowest BCUT2D eigenvalue weighted by Crippen LogP contribution is -2.40. The van der Waals surface area contributed by atoms with Crippen LogP contribution < -0.4 is 10.6 Å². The zero-order valence-electron chi connectivity index (χ0n) is 13.7. The average molecular weight is 437 g/mol. The Morgan fingerprint density at radius 2 is 2.00 bits per heavy atom. The van der Waals surface area contributed by atoms with Crippen LogP contribution in [0, 0.1) is 0 Å². The number of hydrogen-bond acceptors (Lipinski definition) is 3. The molecule has 0 bridgehead atoms. The predicted molar refractivity (Wildman–Crippen MR) is 108 cm³/mol. The van der Waals surface area contributed by atoms with Crippen LogP contribution in [0.4, 0.5) is 0 Å². The van der Waals surface area contributed by atoms with E-state index in [-0.39, 0.29) is 24.0 Å². The summed E-state index contributed by atoms with van der Waals surface area (Å²) in [5.41, 5.74) is 0. The van der Waals surface area contributed by atoms with E-state index < -0.39 is 0 Å². The largest absolute Gasteiger partial charge is 0.382 e. The molecule has 0 aliphatic heterocycles. The van der Waals surface area contributed by atoms with Gasteiger partial charge in [-0.3, -0.25) is 4.99 Å². The van der Waals surface area contributed by atoms with E-state index in [0.717, 1.165) is 38.7 Å². The molecule has 0 aromatic heterocycles. The fourth-order valence-electron chi connectivity index (χ4n) is 1.76. The first-order valence-electron chi connectivity index (χ1n) is 7.50. The number of guanidine groups is 1. The van der Waals surface area contributed by atoms with E-state index in [4.69, 9.17) is 4.74 Å². The summed E-state index contributed by atoms with van der Waals surface area (Å²) in [5, 5.41) is 7.14. The first-order valence-corrected chi connectivity index (χ1v) is 8.38. The summed E-state index contributed by atoms with van der Waals surface area (Å²) in [6, 6.07) is 10.5. The number of ether oxygens (including phenoxy) is 1. The lowest BCUT2D eigenvalue weighted by atomic mass is 10.4. The Labute approximate surface area is 155 Å². The lowest BCUT2D eigenvalue weighted by Gasteiger charge is -2.15.